The van der Waals surface area contributed by atoms with Crippen LogP contribution in [0.25, 0.3) is 22.0 Å². The van der Waals surface area contributed by atoms with E-state index >= 15 is 0 Å². The number of pyridine rings is 1. The summed E-state index contributed by atoms with van der Waals surface area (Å²) in [7, 11) is 0. The molecule has 0 N–H and O–H groups in total. The molecule has 6 heteroatoms. The quantitative estimate of drug-likeness (QED) is 0.666. The second-order valence-corrected chi connectivity index (χ2v) is 5.27. The van der Waals surface area contributed by atoms with Crippen molar-refractivity contribution in [2.24, 2.45) is 0 Å². The first-order chi connectivity index (χ1) is 11.3. The molecule has 0 aliphatic rings. The van der Waals surface area contributed by atoms with Gasteiger partial charge in [-0.3, -0.25) is 4.98 Å². The number of fused-ring (bicyclic) bond motifs is 1. The van der Waals surface area contributed by atoms with Gasteiger partial charge < -0.3 is 4.74 Å². The molecule has 0 aliphatic carbocycles. The van der Waals surface area contributed by atoms with Crippen LogP contribution in [0, 0.1) is 18.3 Å². The fourth-order valence-corrected chi connectivity index (χ4v) is 2.42. The van der Waals surface area contributed by atoms with Gasteiger partial charge in [-0.2, -0.15) is 5.26 Å². The summed E-state index contributed by atoms with van der Waals surface area (Å²) in [6, 6.07) is 14.9. The number of alkyl halides is 3. The van der Waals surface area contributed by atoms with Crippen LogP contribution in [0.3, 0.4) is 0 Å². The Morgan fingerprint density at radius 2 is 1.75 bits per heavy atom. The topological polar surface area (TPSA) is 45.9 Å². The molecular formula is C18H11F3N2O. The van der Waals surface area contributed by atoms with E-state index in [1.54, 1.807) is 12.1 Å². The molecule has 0 fully saturated rings. The minimum Gasteiger partial charge on any atom is -0.406 e. The van der Waals surface area contributed by atoms with Gasteiger partial charge in [0.25, 0.3) is 0 Å². The molecule has 0 radical (unpaired) electrons. The van der Waals surface area contributed by atoms with Crippen molar-refractivity contribution in [1.82, 2.24) is 4.98 Å². The average molecular weight is 328 g/mol. The molecule has 0 spiro atoms. The van der Waals surface area contributed by atoms with Crippen LogP contribution in [-0.4, -0.2) is 11.3 Å². The van der Waals surface area contributed by atoms with Crippen molar-refractivity contribution >= 4 is 10.9 Å². The van der Waals surface area contributed by atoms with Gasteiger partial charge in [-0.15, -0.1) is 13.2 Å². The van der Waals surface area contributed by atoms with Gasteiger partial charge >= 0.3 is 6.36 Å². The van der Waals surface area contributed by atoms with Crippen LogP contribution in [0.2, 0.25) is 0 Å². The number of ether oxygens (including phenoxy) is 1. The molecule has 0 aliphatic heterocycles. The van der Waals surface area contributed by atoms with Crippen molar-refractivity contribution in [2.45, 2.75) is 13.3 Å². The average Bonchev–Trinajstić information content (AvgIpc) is 2.52. The van der Waals surface area contributed by atoms with Crippen LogP contribution in [0.5, 0.6) is 5.75 Å². The summed E-state index contributed by atoms with van der Waals surface area (Å²) in [6.07, 6.45) is -4.81. The SMILES string of the molecule is Cc1ccc2ccc(-c3cc(C#N)cc(OC(F)(F)F)c3)cc2n1. The first-order valence-electron chi connectivity index (χ1n) is 7.03. The molecule has 3 nitrogen and oxygen atoms in total. The normalized spacial score (nSPS) is 11.3. The molecule has 24 heavy (non-hydrogen) atoms. The number of halogens is 3. The molecule has 0 unspecified atom stereocenters. The number of aromatic nitrogens is 1. The molecule has 0 atom stereocenters. The van der Waals surface area contributed by atoms with Crippen molar-refractivity contribution in [1.29, 1.82) is 5.26 Å². The highest BCUT2D eigenvalue weighted by molar-refractivity contribution is 5.84. The van der Waals surface area contributed by atoms with Gasteiger partial charge in [0.05, 0.1) is 17.1 Å². The third-order valence-corrected chi connectivity index (χ3v) is 3.43. The van der Waals surface area contributed by atoms with Crippen LogP contribution in [0.1, 0.15) is 11.3 Å². The van der Waals surface area contributed by atoms with E-state index in [-0.39, 0.29) is 5.56 Å². The van der Waals surface area contributed by atoms with Gasteiger partial charge in [0.2, 0.25) is 0 Å². The second kappa shape index (κ2) is 5.85. The van der Waals surface area contributed by atoms with Gasteiger partial charge in [0.1, 0.15) is 5.75 Å². The van der Waals surface area contributed by atoms with Gasteiger partial charge in [-0.05, 0) is 48.4 Å². The summed E-state index contributed by atoms with van der Waals surface area (Å²) < 4.78 is 41.3. The van der Waals surface area contributed by atoms with Gasteiger partial charge in [0, 0.05) is 11.1 Å². The minimum absolute atomic E-state index is 0.0871. The monoisotopic (exact) mass is 328 g/mol. The largest absolute Gasteiger partial charge is 0.573 e. The zero-order valence-electron chi connectivity index (χ0n) is 12.6. The summed E-state index contributed by atoms with van der Waals surface area (Å²) in [6.45, 7) is 1.86. The minimum atomic E-state index is -4.81. The molecule has 0 amide bonds. The van der Waals surface area contributed by atoms with Crippen molar-refractivity contribution in [2.75, 3.05) is 0 Å². The zero-order valence-corrected chi connectivity index (χ0v) is 12.6. The number of benzene rings is 2. The van der Waals surface area contributed by atoms with Crippen molar-refractivity contribution in [3.8, 4) is 22.9 Å². The lowest BCUT2D eigenvalue weighted by Crippen LogP contribution is -2.17. The van der Waals surface area contributed by atoms with Crippen LogP contribution in [0.15, 0.2) is 48.5 Å². The van der Waals surface area contributed by atoms with Crippen LogP contribution in [0.4, 0.5) is 13.2 Å². The molecule has 1 heterocycles. The third-order valence-electron chi connectivity index (χ3n) is 3.43. The van der Waals surface area contributed by atoms with Crippen molar-refractivity contribution in [3.63, 3.8) is 0 Å². The second-order valence-electron chi connectivity index (χ2n) is 5.27. The van der Waals surface area contributed by atoms with E-state index in [4.69, 9.17) is 5.26 Å². The number of rotatable bonds is 2. The lowest BCUT2D eigenvalue weighted by atomic mass is 10.0. The third kappa shape index (κ3) is 3.46. The fraction of sp³-hybridized carbons (Fsp3) is 0.111. The lowest BCUT2D eigenvalue weighted by Gasteiger charge is -2.11. The van der Waals surface area contributed by atoms with Gasteiger partial charge in [-0.25, -0.2) is 0 Å². The molecule has 0 bridgehead atoms. The summed E-state index contributed by atoms with van der Waals surface area (Å²) in [5.74, 6) is -0.422. The Bertz CT molecular complexity index is 959. The molecule has 1 aromatic heterocycles. The van der Waals surface area contributed by atoms with Crippen molar-refractivity contribution in [3.05, 3.63) is 59.8 Å². The van der Waals surface area contributed by atoms with E-state index in [0.717, 1.165) is 22.7 Å². The highest BCUT2D eigenvalue weighted by Crippen LogP contribution is 2.31. The number of hydrogen-bond donors (Lipinski definition) is 0. The van der Waals surface area contributed by atoms with Gasteiger partial charge in [-0.1, -0.05) is 18.2 Å². The molecular weight excluding hydrogens is 317 g/mol. The van der Waals surface area contributed by atoms with Crippen LogP contribution >= 0.6 is 0 Å². The summed E-state index contributed by atoms with van der Waals surface area (Å²) in [5.41, 5.74) is 2.77. The predicted octanol–water partition coefficient (Wildman–Crippen LogP) is 4.98. The Balaban J connectivity index is 2.11. The zero-order chi connectivity index (χ0) is 17.3. The smallest absolute Gasteiger partial charge is 0.406 e. The standard InChI is InChI=1S/C18H11F3N2O/c1-11-2-3-13-4-5-14(9-17(13)23-11)15-6-12(10-22)7-16(8-15)24-18(19,20)21/h2-9H,1H3. The maximum Gasteiger partial charge on any atom is 0.573 e. The molecule has 0 saturated heterocycles. The maximum absolute atomic E-state index is 12.4. The summed E-state index contributed by atoms with van der Waals surface area (Å²) in [4.78, 5) is 4.41. The number of nitrogens with zero attached hydrogens (tertiary/aromatic N) is 2. The maximum atomic E-state index is 12.4. The van der Waals surface area contributed by atoms with E-state index in [9.17, 15) is 13.2 Å². The molecule has 120 valence electrons. The Hall–Kier alpha value is -3.07. The van der Waals surface area contributed by atoms with Crippen LogP contribution in [-0.2, 0) is 0 Å². The molecule has 2 aromatic carbocycles. The first-order valence-corrected chi connectivity index (χ1v) is 7.03. The Labute approximate surface area is 135 Å². The predicted molar refractivity (Wildman–Crippen MR) is 83.3 cm³/mol. The highest BCUT2D eigenvalue weighted by atomic mass is 19.4. The summed E-state index contributed by atoms with van der Waals surface area (Å²) >= 11 is 0. The number of nitriles is 1. The number of hydrogen-bond acceptors (Lipinski definition) is 3. The molecule has 3 aromatic rings. The molecule has 3 rings (SSSR count). The Morgan fingerprint density at radius 3 is 2.46 bits per heavy atom. The molecule has 0 saturated carbocycles. The fourth-order valence-electron chi connectivity index (χ4n) is 2.42. The Kier molecular flexibility index (Phi) is 3.86. The Morgan fingerprint density at radius 1 is 1.00 bits per heavy atom. The van der Waals surface area contributed by atoms with E-state index < -0.39 is 12.1 Å². The highest BCUT2D eigenvalue weighted by Gasteiger charge is 2.31. The van der Waals surface area contributed by atoms with Crippen LogP contribution < -0.4 is 4.74 Å². The van der Waals surface area contributed by atoms with E-state index in [0.29, 0.717) is 11.1 Å². The van der Waals surface area contributed by atoms with E-state index in [1.165, 1.54) is 12.1 Å². The van der Waals surface area contributed by atoms with E-state index in [2.05, 4.69) is 9.72 Å². The van der Waals surface area contributed by atoms with Gasteiger partial charge in [0.15, 0.2) is 0 Å². The van der Waals surface area contributed by atoms with Crippen molar-refractivity contribution < 1.29 is 17.9 Å². The first kappa shape index (κ1) is 15.8. The lowest BCUT2D eigenvalue weighted by molar-refractivity contribution is -0.274. The number of aryl methyl sites for hydroxylation is 1. The summed E-state index contributed by atoms with van der Waals surface area (Å²) in [5, 5.41) is 9.96. The van der Waals surface area contributed by atoms with E-state index in [1.807, 2.05) is 31.2 Å².